The molecule has 1 aliphatic rings. The number of ether oxygens (including phenoxy) is 1. The average Bonchev–Trinajstić information content (AvgIpc) is 2.65. The van der Waals surface area contributed by atoms with Crippen LogP contribution in [0.4, 0.5) is 4.39 Å². The van der Waals surface area contributed by atoms with Crippen molar-refractivity contribution >= 4 is 17.5 Å². The van der Waals surface area contributed by atoms with E-state index in [1.165, 1.54) is 12.1 Å². The van der Waals surface area contributed by atoms with Gasteiger partial charge in [0.2, 0.25) is 0 Å². The molecule has 27 heavy (non-hydrogen) atoms. The Labute approximate surface area is 164 Å². The van der Waals surface area contributed by atoms with Crippen molar-refractivity contribution in [2.75, 3.05) is 19.7 Å². The van der Waals surface area contributed by atoms with E-state index >= 15 is 0 Å². The second-order valence-electron chi connectivity index (χ2n) is 7.04. The van der Waals surface area contributed by atoms with E-state index in [-0.39, 0.29) is 30.4 Å². The van der Waals surface area contributed by atoms with Crippen LogP contribution in [-0.2, 0) is 11.3 Å². The first-order valence-corrected chi connectivity index (χ1v) is 9.46. The summed E-state index contributed by atoms with van der Waals surface area (Å²) in [5.41, 5.74) is 1.07. The molecular formula is C21H24ClFN2O2. The van der Waals surface area contributed by atoms with Gasteiger partial charge < -0.3 is 9.64 Å². The van der Waals surface area contributed by atoms with Crippen molar-refractivity contribution in [3.8, 4) is 5.75 Å². The Bertz CT molecular complexity index is 755. The molecule has 0 N–H and O–H groups in total. The van der Waals surface area contributed by atoms with Crippen LogP contribution in [0.2, 0.25) is 5.02 Å². The van der Waals surface area contributed by atoms with Gasteiger partial charge in [0.1, 0.15) is 11.6 Å². The summed E-state index contributed by atoms with van der Waals surface area (Å²) < 4.78 is 18.7. The molecule has 0 aliphatic carbocycles. The molecule has 0 unspecified atom stereocenters. The molecule has 3 rings (SSSR count). The van der Waals surface area contributed by atoms with Crippen LogP contribution < -0.4 is 4.74 Å². The number of rotatable bonds is 5. The highest BCUT2D eigenvalue weighted by molar-refractivity contribution is 6.30. The van der Waals surface area contributed by atoms with Crippen molar-refractivity contribution in [2.45, 2.75) is 32.5 Å². The van der Waals surface area contributed by atoms with Crippen molar-refractivity contribution in [3.63, 3.8) is 0 Å². The minimum Gasteiger partial charge on any atom is -0.484 e. The van der Waals surface area contributed by atoms with Gasteiger partial charge in [-0.25, -0.2) is 4.39 Å². The number of hydrogen-bond donors (Lipinski definition) is 0. The lowest BCUT2D eigenvalue weighted by Gasteiger charge is -2.44. The van der Waals surface area contributed by atoms with Crippen LogP contribution in [0.3, 0.4) is 0 Å². The van der Waals surface area contributed by atoms with Crippen molar-refractivity contribution < 1.29 is 13.9 Å². The Morgan fingerprint density at radius 3 is 2.26 bits per heavy atom. The topological polar surface area (TPSA) is 32.8 Å². The zero-order valence-electron chi connectivity index (χ0n) is 15.6. The van der Waals surface area contributed by atoms with Crippen molar-refractivity contribution in [3.05, 3.63) is 64.9 Å². The largest absolute Gasteiger partial charge is 0.484 e. The first-order valence-electron chi connectivity index (χ1n) is 9.08. The van der Waals surface area contributed by atoms with Gasteiger partial charge in [-0.3, -0.25) is 9.69 Å². The molecule has 0 aromatic heterocycles. The number of hydrogen-bond acceptors (Lipinski definition) is 3. The zero-order valence-corrected chi connectivity index (χ0v) is 16.3. The second-order valence-corrected chi connectivity index (χ2v) is 7.47. The molecule has 144 valence electrons. The van der Waals surface area contributed by atoms with Crippen LogP contribution in [0.5, 0.6) is 5.75 Å². The summed E-state index contributed by atoms with van der Waals surface area (Å²) in [5, 5.41) is 0.633. The molecule has 1 saturated heterocycles. The minimum atomic E-state index is -0.226. The first kappa shape index (κ1) is 19.6. The molecule has 1 heterocycles. The highest BCUT2D eigenvalue weighted by atomic mass is 35.5. The number of piperazine rings is 1. The molecule has 0 saturated carbocycles. The average molecular weight is 391 g/mol. The maximum Gasteiger partial charge on any atom is 0.260 e. The maximum absolute atomic E-state index is 13.1. The van der Waals surface area contributed by atoms with Crippen molar-refractivity contribution in [1.29, 1.82) is 0 Å². The molecule has 1 amide bonds. The Balaban J connectivity index is 1.54. The van der Waals surface area contributed by atoms with E-state index in [4.69, 9.17) is 16.3 Å². The van der Waals surface area contributed by atoms with Gasteiger partial charge in [0.15, 0.2) is 6.61 Å². The third kappa shape index (κ3) is 5.21. The number of carbonyl (C=O) groups is 1. The maximum atomic E-state index is 13.1. The summed E-state index contributed by atoms with van der Waals surface area (Å²) in [6.07, 6.45) is 0. The zero-order chi connectivity index (χ0) is 19.4. The van der Waals surface area contributed by atoms with Gasteiger partial charge in [-0.15, -0.1) is 0 Å². The van der Waals surface area contributed by atoms with E-state index in [0.717, 1.165) is 12.1 Å². The van der Waals surface area contributed by atoms with E-state index in [9.17, 15) is 9.18 Å². The predicted octanol–water partition coefficient (Wildman–Crippen LogP) is 3.98. The molecule has 0 radical (unpaired) electrons. The predicted molar refractivity (Wildman–Crippen MR) is 104 cm³/mol. The monoisotopic (exact) mass is 390 g/mol. The Morgan fingerprint density at radius 2 is 1.67 bits per heavy atom. The first-order chi connectivity index (χ1) is 12.9. The van der Waals surface area contributed by atoms with E-state index in [0.29, 0.717) is 23.9 Å². The van der Waals surface area contributed by atoms with Gasteiger partial charge >= 0.3 is 0 Å². The molecule has 0 bridgehead atoms. The van der Waals surface area contributed by atoms with Gasteiger partial charge in [0.25, 0.3) is 5.91 Å². The second kappa shape index (κ2) is 8.72. The van der Waals surface area contributed by atoms with Crippen molar-refractivity contribution in [2.24, 2.45) is 0 Å². The van der Waals surface area contributed by atoms with Crippen LogP contribution in [0.15, 0.2) is 48.5 Å². The fourth-order valence-electron chi connectivity index (χ4n) is 3.44. The van der Waals surface area contributed by atoms with Crippen LogP contribution in [-0.4, -0.2) is 47.5 Å². The molecule has 4 nitrogen and oxygen atoms in total. The summed E-state index contributed by atoms with van der Waals surface area (Å²) in [6.45, 7) is 6.27. The van der Waals surface area contributed by atoms with Crippen LogP contribution >= 0.6 is 11.6 Å². The summed E-state index contributed by atoms with van der Waals surface area (Å²) in [7, 11) is 0. The molecule has 2 aromatic carbocycles. The third-order valence-corrected chi connectivity index (χ3v) is 5.16. The van der Waals surface area contributed by atoms with Crippen molar-refractivity contribution in [1.82, 2.24) is 9.80 Å². The standard InChI is InChI=1S/C21H24ClFN2O2/c1-15-11-24(21(26)14-27-20-9-5-18(22)6-10-20)12-16(2)25(15)13-17-3-7-19(23)8-4-17/h3-10,15-16H,11-14H2,1-2H3/t15-,16+. The molecule has 0 spiro atoms. The lowest BCUT2D eigenvalue weighted by atomic mass is 10.1. The summed E-state index contributed by atoms with van der Waals surface area (Å²) in [5.74, 6) is 0.379. The molecule has 6 heteroatoms. The molecule has 2 atom stereocenters. The van der Waals surface area contributed by atoms with E-state index in [2.05, 4.69) is 18.7 Å². The Kier molecular flexibility index (Phi) is 6.34. The smallest absolute Gasteiger partial charge is 0.260 e. The number of halogens is 2. The summed E-state index contributed by atoms with van der Waals surface area (Å²) in [4.78, 5) is 16.7. The lowest BCUT2D eigenvalue weighted by Crippen LogP contribution is -2.58. The third-order valence-electron chi connectivity index (χ3n) is 4.91. The van der Waals surface area contributed by atoms with Gasteiger partial charge in [-0.05, 0) is 55.8 Å². The molecular weight excluding hydrogens is 367 g/mol. The fourth-order valence-corrected chi connectivity index (χ4v) is 3.57. The molecule has 1 fully saturated rings. The normalized spacial score (nSPS) is 20.5. The number of amides is 1. The number of nitrogens with zero attached hydrogens (tertiary/aromatic N) is 2. The van der Waals surface area contributed by atoms with E-state index in [1.807, 2.05) is 17.0 Å². The molecule has 1 aliphatic heterocycles. The van der Waals surface area contributed by atoms with E-state index < -0.39 is 0 Å². The highest BCUT2D eigenvalue weighted by Crippen LogP contribution is 2.20. The highest BCUT2D eigenvalue weighted by Gasteiger charge is 2.31. The number of carbonyl (C=O) groups excluding carboxylic acids is 1. The van der Waals surface area contributed by atoms with E-state index in [1.54, 1.807) is 24.3 Å². The quantitative estimate of drug-likeness (QED) is 0.774. The fraction of sp³-hybridized carbons (Fsp3) is 0.381. The van der Waals surface area contributed by atoms with Crippen LogP contribution in [0.25, 0.3) is 0 Å². The molecule has 2 aromatic rings. The Hall–Kier alpha value is -2.11. The van der Waals surface area contributed by atoms with Crippen LogP contribution in [0.1, 0.15) is 19.4 Å². The van der Waals surface area contributed by atoms with Crippen LogP contribution in [0, 0.1) is 5.82 Å². The van der Waals surface area contributed by atoms with Gasteiger partial charge in [-0.2, -0.15) is 0 Å². The van der Waals surface area contributed by atoms with Gasteiger partial charge in [-0.1, -0.05) is 23.7 Å². The Morgan fingerprint density at radius 1 is 1.07 bits per heavy atom. The summed E-state index contributed by atoms with van der Waals surface area (Å²) >= 11 is 5.85. The van der Waals surface area contributed by atoms with Gasteiger partial charge in [0, 0.05) is 36.7 Å². The number of benzene rings is 2. The minimum absolute atomic E-state index is 0.0129. The SMILES string of the molecule is C[C@@H]1CN(C(=O)COc2ccc(Cl)cc2)C[C@H](C)N1Cc1ccc(F)cc1. The lowest BCUT2D eigenvalue weighted by molar-refractivity contribution is -0.138. The van der Waals surface area contributed by atoms with Gasteiger partial charge in [0.05, 0.1) is 0 Å². The summed E-state index contributed by atoms with van der Waals surface area (Å²) in [6, 6.07) is 14.0.